The van der Waals surface area contributed by atoms with Crippen LogP contribution in [0.1, 0.15) is 51.4 Å². The molecule has 1 aliphatic heterocycles. The maximum absolute atomic E-state index is 12.6. The highest BCUT2D eigenvalue weighted by atomic mass is 16.2. The molecule has 2 rings (SSSR count). The van der Waals surface area contributed by atoms with Gasteiger partial charge in [0.1, 0.15) is 0 Å². The summed E-state index contributed by atoms with van der Waals surface area (Å²) in [6.07, 6.45) is 7.75. The third kappa shape index (κ3) is 4.80. The summed E-state index contributed by atoms with van der Waals surface area (Å²) in [5.41, 5.74) is 0. The zero-order chi connectivity index (χ0) is 15.5. The topological polar surface area (TPSA) is 37.4 Å². The molecule has 4 heteroatoms. The van der Waals surface area contributed by atoms with Crippen LogP contribution in [0.2, 0.25) is 0 Å². The molecule has 21 heavy (non-hydrogen) atoms. The monoisotopic (exact) mass is 295 g/mol. The van der Waals surface area contributed by atoms with E-state index in [-0.39, 0.29) is 17.7 Å². The molecule has 0 unspecified atom stereocenters. The Kier molecular flexibility index (Phi) is 5.42. The first kappa shape index (κ1) is 16.5. The van der Waals surface area contributed by atoms with Gasteiger partial charge in [0.2, 0.25) is 11.8 Å². The number of carbonyl (C=O) groups excluding carboxylic acids is 2. The lowest BCUT2D eigenvalue weighted by Crippen LogP contribution is -2.43. The molecule has 2 amide bonds. The fraction of sp³-hybridized carbons (Fsp3) is 0.882. The van der Waals surface area contributed by atoms with Gasteiger partial charge in [-0.3, -0.25) is 14.5 Å². The van der Waals surface area contributed by atoms with E-state index >= 15 is 0 Å². The van der Waals surface area contributed by atoms with Gasteiger partial charge in [-0.05, 0) is 38.5 Å². The van der Waals surface area contributed by atoms with Crippen LogP contribution >= 0.6 is 0 Å². The summed E-state index contributed by atoms with van der Waals surface area (Å²) < 4.78 is 0.994. The summed E-state index contributed by atoms with van der Waals surface area (Å²) in [5, 5.41) is 0. The zero-order valence-electron chi connectivity index (χ0n) is 13.9. The van der Waals surface area contributed by atoms with Crippen molar-refractivity contribution in [3.05, 3.63) is 0 Å². The average molecular weight is 295 g/mol. The van der Waals surface area contributed by atoms with Gasteiger partial charge in [-0.25, -0.2) is 0 Å². The number of rotatable bonds is 3. The number of likely N-dealkylation sites (tertiary alicyclic amines) is 1. The van der Waals surface area contributed by atoms with E-state index in [1.807, 2.05) is 0 Å². The van der Waals surface area contributed by atoms with Crippen molar-refractivity contribution in [3.63, 3.8) is 0 Å². The molecular weight excluding hydrogens is 264 g/mol. The van der Waals surface area contributed by atoms with Crippen LogP contribution in [0.25, 0.3) is 0 Å². The second-order valence-corrected chi connectivity index (χ2v) is 7.88. The van der Waals surface area contributed by atoms with E-state index in [9.17, 15) is 9.59 Å². The predicted molar refractivity (Wildman–Crippen MR) is 83.5 cm³/mol. The van der Waals surface area contributed by atoms with Crippen molar-refractivity contribution < 1.29 is 14.1 Å². The molecule has 0 aromatic carbocycles. The first-order chi connectivity index (χ1) is 9.87. The maximum atomic E-state index is 12.6. The second-order valence-electron chi connectivity index (χ2n) is 7.88. The van der Waals surface area contributed by atoms with Crippen LogP contribution in [0.15, 0.2) is 0 Å². The standard InChI is InChI=1S/C17H31N2O2/c1-19(2,3)13-14-8-10-15(11-9-14)17(21)18-12-6-4-5-7-16(18)20/h14-15H,4-13H2,1-3H3/q+1. The third-order valence-electron chi connectivity index (χ3n) is 4.84. The molecule has 0 spiro atoms. The normalized spacial score (nSPS) is 28.3. The van der Waals surface area contributed by atoms with Gasteiger partial charge in [0.25, 0.3) is 0 Å². The van der Waals surface area contributed by atoms with Gasteiger partial charge in [-0.1, -0.05) is 6.42 Å². The lowest BCUT2D eigenvalue weighted by atomic mass is 9.81. The third-order valence-corrected chi connectivity index (χ3v) is 4.84. The minimum Gasteiger partial charge on any atom is -0.331 e. The number of imide groups is 1. The van der Waals surface area contributed by atoms with E-state index in [0.717, 1.165) is 55.3 Å². The van der Waals surface area contributed by atoms with Crippen LogP contribution in [-0.4, -0.2) is 55.4 Å². The SMILES string of the molecule is C[N+](C)(C)CC1CCC(C(=O)N2CCCCCC2=O)CC1. The molecule has 2 aliphatic rings. The van der Waals surface area contributed by atoms with E-state index in [1.165, 1.54) is 6.54 Å². The summed E-state index contributed by atoms with van der Waals surface area (Å²) in [6.45, 7) is 1.83. The van der Waals surface area contributed by atoms with Gasteiger partial charge in [-0.15, -0.1) is 0 Å². The summed E-state index contributed by atoms with van der Waals surface area (Å²) in [7, 11) is 6.69. The van der Waals surface area contributed by atoms with E-state index in [4.69, 9.17) is 0 Å². The van der Waals surface area contributed by atoms with Gasteiger partial charge in [0, 0.05) is 24.8 Å². The molecule has 0 N–H and O–H groups in total. The molecule has 1 aliphatic carbocycles. The summed E-state index contributed by atoms with van der Waals surface area (Å²) in [6, 6.07) is 0. The Labute approximate surface area is 129 Å². The highest BCUT2D eigenvalue weighted by molar-refractivity contribution is 5.96. The predicted octanol–water partition coefficient (Wildman–Crippen LogP) is 2.43. The quantitative estimate of drug-likeness (QED) is 0.592. The Bertz CT molecular complexity index is 379. The second kappa shape index (κ2) is 6.91. The van der Waals surface area contributed by atoms with Crippen molar-refractivity contribution in [2.24, 2.45) is 11.8 Å². The van der Waals surface area contributed by atoms with Crippen LogP contribution in [0.4, 0.5) is 0 Å². The highest BCUT2D eigenvalue weighted by Gasteiger charge is 2.33. The minimum absolute atomic E-state index is 0.0611. The molecule has 0 bridgehead atoms. The molecule has 120 valence electrons. The Hall–Kier alpha value is -0.900. The molecule has 0 aromatic heterocycles. The van der Waals surface area contributed by atoms with Gasteiger partial charge < -0.3 is 4.48 Å². The highest BCUT2D eigenvalue weighted by Crippen LogP contribution is 2.31. The number of quaternary nitrogens is 1. The molecular formula is C17H31N2O2+. The number of carbonyl (C=O) groups is 2. The van der Waals surface area contributed by atoms with Crippen molar-refractivity contribution in [1.29, 1.82) is 0 Å². The zero-order valence-corrected chi connectivity index (χ0v) is 13.9. The van der Waals surface area contributed by atoms with Crippen molar-refractivity contribution >= 4 is 11.8 Å². The fourth-order valence-electron chi connectivity index (χ4n) is 3.80. The Morgan fingerprint density at radius 1 is 1.10 bits per heavy atom. The van der Waals surface area contributed by atoms with Gasteiger partial charge in [0.15, 0.2) is 0 Å². The molecule has 2 fully saturated rings. The fourth-order valence-corrected chi connectivity index (χ4v) is 3.80. The van der Waals surface area contributed by atoms with Gasteiger partial charge in [-0.2, -0.15) is 0 Å². The van der Waals surface area contributed by atoms with Crippen molar-refractivity contribution in [1.82, 2.24) is 4.90 Å². The molecule has 0 radical (unpaired) electrons. The molecule has 1 heterocycles. The average Bonchev–Trinajstić information content (AvgIpc) is 2.62. The molecule has 4 nitrogen and oxygen atoms in total. The smallest absolute Gasteiger partial charge is 0.232 e. The van der Waals surface area contributed by atoms with Crippen LogP contribution in [-0.2, 0) is 9.59 Å². The van der Waals surface area contributed by atoms with Gasteiger partial charge in [0.05, 0.1) is 27.7 Å². The first-order valence-electron chi connectivity index (χ1n) is 8.51. The minimum atomic E-state index is 0.0611. The summed E-state index contributed by atoms with van der Waals surface area (Å²) in [4.78, 5) is 26.2. The molecule has 0 atom stereocenters. The Morgan fingerprint density at radius 2 is 1.76 bits per heavy atom. The molecule has 0 aromatic rings. The molecule has 1 saturated heterocycles. The number of amides is 2. The maximum Gasteiger partial charge on any atom is 0.232 e. The lowest BCUT2D eigenvalue weighted by Gasteiger charge is -2.34. The van der Waals surface area contributed by atoms with Crippen molar-refractivity contribution in [2.75, 3.05) is 34.2 Å². The van der Waals surface area contributed by atoms with E-state index in [0.29, 0.717) is 13.0 Å². The Balaban J connectivity index is 1.86. The van der Waals surface area contributed by atoms with Crippen LogP contribution in [0, 0.1) is 11.8 Å². The van der Waals surface area contributed by atoms with E-state index < -0.39 is 0 Å². The first-order valence-corrected chi connectivity index (χ1v) is 8.51. The lowest BCUT2D eigenvalue weighted by molar-refractivity contribution is -0.874. The summed E-state index contributed by atoms with van der Waals surface area (Å²) >= 11 is 0. The van der Waals surface area contributed by atoms with Crippen LogP contribution in [0.3, 0.4) is 0 Å². The number of hydrogen-bond acceptors (Lipinski definition) is 2. The summed E-state index contributed by atoms with van der Waals surface area (Å²) in [5.74, 6) is 1.00. The van der Waals surface area contributed by atoms with Crippen molar-refractivity contribution in [2.45, 2.75) is 51.4 Å². The number of hydrogen-bond donors (Lipinski definition) is 0. The van der Waals surface area contributed by atoms with E-state index in [1.54, 1.807) is 4.90 Å². The van der Waals surface area contributed by atoms with E-state index in [2.05, 4.69) is 21.1 Å². The van der Waals surface area contributed by atoms with Crippen LogP contribution < -0.4 is 0 Å². The van der Waals surface area contributed by atoms with Crippen molar-refractivity contribution in [3.8, 4) is 0 Å². The van der Waals surface area contributed by atoms with Gasteiger partial charge >= 0.3 is 0 Å². The molecule has 1 saturated carbocycles. The largest absolute Gasteiger partial charge is 0.331 e. The van der Waals surface area contributed by atoms with Crippen LogP contribution in [0.5, 0.6) is 0 Å². The number of nitrogens with zero attached hydrogens (tertiary/aromatic N) is 2. The Morgan fingerprint density at radius 3 is 2.38 bits per heavy atom.